The molecule has 21 heavy (non-hydrogen) atoms. The van der Waals surface area contributed by atoms with E-state index in [9.17, 15) is 17.6 Å². The Bertz CT molecular complexity index is 775. The Kier molecular flexibility index (Phi) is 3.90. The molecular weight excluding hydrogens is 299 g/mol. The van der Waals surface area contributed by atoms with E-state index < -0.39 is 26.8 Å². The van der Waals surface area contributed by atoms with Gasteiger partial charge in [0.1, 0.15) is 0 Å². The summed E-state index contributed by atoms with van der Waals surface area (Å²) in [4.78, 5) is 14.3. The van der Waals surface area contributed by atoms with Crippen molar-refractivity contribution in [2.24, 2.45) is 0 Å². The van der Waals surface area contributed by atoms with E-state index in [4.69, 9.17) is 5.11 Å². The summed E-state index contributed by atoms with van der Waals surface area (Å²) in [6.07, 6.45) is 1.18. The maximum Gasteiger partial charge on any atom is 0.335 e. The first-order valence-electron chi connectivity index (χ1n) is 5.77. The molecule has 1 aromatic heterocycles. The minimum atomic E-state index is -4.16. The Morgan fingerprint density at radius 3 is 2.38 bits per heavy atom. The van der Waals surface area contributed by atoms with E-state index in [1.54, 1.807) is 0 Å². The molecule has 0 atom stereocenters. The van der Waals surface area contributed by atoms with Gasteiger partial charge in [-0.1, -0.05) is 0 Å². The van der Waals surface area contributed by atoms with Crippen LogP contribution in [-0.2, 0) is 10.0 Å². The fourth-order valence-electron chi connectivity index (χ4n) is 1.64. The number of aromatic carboxylic acids is 1. The molecule has 2 aromatic rings. The molecule has 110 valence electrons. The lowest BCUT2D eigenvalue weighted by Crippen LogP contribution is -2.28. The number of hydrogen-bond acceptors (Lipinski definition) is 4. The lowest BCUT2D eigenvalue weighted by Gasteiger charge is -2.19. The summed E-state index contributed by atoms with van der Waals surface area (Å²) >= 11 is 0. The van der Waals surface area contributed by atoms with E-state index in [0.717, 1.165) is 10.4 Å². The summed E-state index contributed by atoms with van der Waals surface area (Å²) < 4.78 is 39.0. The van der Waals surface area contributed by atoms with Gasteiger partial charge in [0.15, 0.2) is 5.82 Å². The Labute approximate surface area is 120 Å². The van der Waals surface area contributed by atoms with Crippen LogP contribution in [0.5, 0.6) is 0 Å². The number of carboxylic acid groups (broad SMARTS) is 1. The van der Waals surface area contributed by atoms with E-state index in [0.29, 0.717) is 0 Å². The number of carboxylic acids is 1. The molecule has 0 fully saturated rings. The molecule has 1 N–H and O–H groups in total. The normalized spacial score (nSPS) is 11.1. The van der Waals surface area contributed by atoms with Crippen LogP contribution < -0.4 is 4.31 Å². The molecule has 0 saturated heterocycles. The molecule has 8 heteroatoms. The van der Waals surface area contributed by atoms with Crippen LogP contribution in [0.4, 0.5) is 10.1 Å². The van der Waals surface area contributed by atoms with Gasteiger partial charge in [-0.25, -0.2) is 14.2 Å². The van der Waals surface area contributed by atoms with Crippen molar-refractivity contribution in [2.75, 3.05) is 11.4 Å². The first-order valence-corrected chi connectivity index (χ1v) is 7.21. The number of nitrogens with zero attached hydrogens (tertiary/aromatic N) is 2. The maximum absolute atomic E-state index is 13.6. The molecule has 6 nitrogen and oxygen atoms in total. The molecule has 0 aliphatic carbocycles. The average molecular weight is 310 g/mol. The standard InChI is InChI=1S/C13H11FN2O4S/c1-16(10-6-4-9(5-7-10)13(17)18)21(19,20)12-11(14)3-2-8-15-12/h2-8H,1H3,(H,17,18). The summed E-state index contributed by atoms with van der Waals surface area (Å²) in [5, 5.41) is 8.11. The van der Waals surface area contributed by atoms with Crippen LogP contribution in [0.25, 0.3) is 0 Å². The molecule has 0 unspecified atom stereocenters. The summed E-state index contributed by atoms with van der Waals surface area (Å²) in [7, 11) is -2.92. The molecule has 0 bridgehead atoms. The topological polar surface area (TPSA) is 87.6 Å². The number of halogens is 1. The van der Waals surface area contributed by atoms with E-state index in [1.807, 2.05) is 0 Å². The predicted octanol–water partition coefficient (Wildman–Crippen LogP) is 1.74. The zero-order chi connectivity index (χ0) is 15.6. The predicted molar refractivity (Wildman–Crippen MR) is 73.2 cm³/mol. The fourth-order valence-corrected chi connectivity index (χ4v) is 2.81. The number of hydrogen-bond donors (Lipinski definition) is 1. The number of sulfonamides is 1. The van der Waals surface area contributed by atoms with E-state index in [-0.39, 0.29) is 11.3 Å². The van der Waals surface area contributed by atoms with Gasteiger partial charge in [0.2, 0.25) is 5.03 Å². The molecule has 0 radical (unpaired) electrons. The molecule has 1 heterocycles. The first kappa shape index (κ1) is 14.9. The minimum Gasteiger partial charge on any atom is -0.478 e. The van der Waals surface area contributed by atoms with Crippen molar-refractivity contribution in [2.45, 2.75) is 5.03 Å². The summed E-state index contributed by atoms with van der Waals surface area (Å²) in [6, 6.07) is 7.46. The second kappa shape index (κ2) is 5.49. The highest BCUT2D eigenvalue weighted by Gasteiger charge is 2.26. The van der Waals surface area contributed by atoms with Gasteiger partial charge in [-0.05, 0) is 36.4 Å². The Balaban J connectivity index is 2.41. The molecule has 0 aliphatic heterocycles. The minimum absolute atomic E-state index is 0.0218. The van der Waals surface area contributed by atoms with Gasteiger partial charge in [-0.2, -0.15) is 8.42 Å². The third-order valence-electron chi connectivity index (χ3n) is 2.81. The zero-order valence-electron chi connectivity index (χ0n) is 10.9. The van der Waals surface area contributed by atoms with Gasteiger partial charge in [0.05, 0.1) is 11.3 Å². The summed E-state index contributed by atoms with van der Waals surface area (Å²) in [5.41, 5.74) is 0.221. The highest BCUT2D eigenvalue weighted by atomic mass is 32.2. The molecule has 0 aliphatic rings. The number of benzene rings is 1. The first-order chi connectivity index (χ1) is 9.84. The highest BCUT2D eigenvalue weighted by Crippen LogP contribution is 2.22. The fraction of sp³-hybridized carbons (Fsp3) is 0.0769. The van der Waals surface area contributed by atoms with Crippen LogP contribution in [0.1, 0.15) is 10.4 Å². The lowest BCUT2D eigenvalue weighted by molar-refractivity contribution is 0.0697. The molecule has 0 amide bonds. The van der Waals surface area contributed by atoms with Crippen LogP contribution in [0.2, 0.25) is 0 Å². The summed E-state index contributed by atoms with van der Waals surface area (Å²) in [6.45, 7) is 0. The molecule has 0 saturated carbocycles. The second-order valence-corrected chi connectivity index (χ2v) is 6.00. The van der Waals surface area contributed by atoms with Crippen LogP contribution in [0.3, 0.4) is 0 Å². The summed E-state index contributed by atoms with van der Waals surface area (Å²) in [5.74, 6) is -2.07. The number of pyridine rings is 1. The van der Waals surface area contributed by atoms with Crippen molar-refractivity contribution in [1.29, 1.82) is 0 Å². The van der Waals surface area contributed by atoms with Crippen molar-refractivity contribution in [3.63, 3.8) is 0 Å². The molecule has 0 spiro atoms. The van der Waals surface area contributed by atoms with Gasteiger partial charge in [-0.15, -0.1) is 0 Å². The number of aromatic nitrogens is 1. The quantitative estimate of drug-likeness (QED) is 0.929. The zero-order valence-corrected chi connectivity index (χ0v) is 11.7. The third-order valence-corrected chi connectivity index (χ3v) is 4.53. The Morgan fingerprint density at radius 1 is 1.24 bits per heavy atom. The molecule has 2 rings (SSSR count). The monoisotopic (exact) mass is 310 g/mol. The van der Waals surface area contributed by atoms with Crippen LogP contribution in [-0.4, -0.2) is 31.5 Å². The van der Waals surface area contributed by atoms with Crippen LogP contribution >= 0.6 is 0 Å². The van der Waals surface area contributed by atoms with Crippen molar-refractivity contribution in [3.05, 3.63) is 54.0 Å². The second-order valence-electron chi connectivity index (χ2n) is 4.11. The largest absolute Gasteiger partial charge is 0.478 e. The molecule has 1 aromatic carbocycles. The van der Waals surface area contributed by atoms with Crippen molar-refractivity contribution in [3.8, 4) is 0 Å². The van der Waals surface area contributed by atoms with Gasteiger partial charge >= 0.3 is 5.97 Å². The van der Waals surface area contributed by atoms with Gasteiger partial charge in [0.25, 0.3) is 10.0 Å². The van der Waals surface area contributed by atoms with Crippen molar-refractivity contribution >= 4 is 21.7 Å². The van der Waals surface area contributed by atoms with Crippen LogP contribution in [0.15, 0.2) is 47.6 Å². The van der Waals surface area contributed by atoms with E-state index in [2.05, 4.69) is 4.98 Å². The number of rotatable bonds is 4. The maximum atomic E-state index is 13.6. The van der Waals surface area contributed by atoms with Crippen LogP contribution in [0, 0.1) is 5.82 Å². The van der Waals surface area contributed by atoms with Crippen molar-refractivity contribution in [1.82, 2.24) is 4.98 Å². The molecular formula is C13H11FN2O4S. The van der Waals surface area contributed by atoms with Crippen molar-refractivity contribution < 1.29 is 22.7 Å². The Morgan fingerprint density at radius 2 is 1.86 bits per heavy atom. The average Bonchev–Trinajstić information content (AvgIpc) is 2.46. The van der Waals surface area contributed by atoms with Gasteiger partial charge in [0, 0.05) is 13.2 Å². The smallest absolute Gasteiger partial charge is 0.335 e. The van der Waals surface area contributed by atoms with E-state index in [1.165, 1.54) is 43.6 Å². The third kappa shape index (κ3) is 2.84. The SMILES string of the molecule is CN(c1ccc(C(=O)O)cc1)S(=O)(=O)c1ncccc1F. The number of anilines is 1. The van der Waals surface area contributed by atoms with E-state index >= 15 is 0 Å². The lowest BCUT2D eigenvalue weighted by atomic mass is 10.2. The highest BCUT2D eigenvalue weighted by molar-refractivity contribution is 7.92. The Hall–Kier alpha value is -2.48. The number of carbonyl (C=O) groups is 1. The van der Waals surface area contributed by atoms with Gasteiger partial charge < -0.3 is 5.11 Å². The van der Waals surface area contributed by atoms with Gasteiger partial charge in [-0.3, -0.25) is 4.31 Å².